The van der Waals surface area contributed by atoms with Gasteiger partial charge >= 0.3 is 0 Å². The predicted molar refractivity (Wildman–Crippen MR) is 73.1 cm³/mol. The monoisotopic (exact) mass is 246 g/mol. The van der Waals surface area contributed by atoms with Crippen molar-refractivity contribution in [3.63, 3.8) is 0 Å². The van der Waals surface area contributed by atoms with Gasteiger partial charge in [0.05, 0.1) is 0 Å². The summed E-state index contributed by atoms with van der Waals surface area (Å²) in [6.45, 7) is 0. The van der Waals surface area contributed by atoms with Gasteiger partial charge in [-0.2, -0.15) is 0 Å². The molecule has 0 saturated heterocycles. The lowest BCUT2D eigenvalue weighted by atomic mass is 10.1. The van der Waals surface area contributed by atoms with Gasteiger partial charge in [-0.1, -0.05) is 30.2 Å². The van der Waals surface area contributed by atoms with Gasteiger partial charge in [0.25, 0.3) is 0 Å². The summed E-state index contributed by atoms with van der Waals surface area (Å²) >= 11 is 0. The molecule has 0 atom stereocenters. The van der Waals surface area contributed by atoms with Crippen LogP contribution in [0.1, 0.15) is 5.56 Å². The molecule has 3 rings (SSSR count). The van der Waals surface area contributed by atoms with Crippen LogP contribution in [-0.2, 0) is 0 Å². The molecule has 0 aliphatic carbocycles. The fourth-order valence-electron chi connectivity index (χ4n) is 1.78. The van der Waals surface area contributed by atoms with E-state index in [0.29, 0.717) is 11.8 Å². The largest absolute Gasteiger partial charge is 0.416 e. The molecule has 0 aliphatic heterocycles. The Balaban J connectivity index is 2.00. The Kier molecular flexibility index (Phi) is 2.83. The molecule has 90 valence electrons. The van der Waals surface area contributed by atoms with E-state index in [4.69, 9.17) is 10.8 Å². The first-order chi connectivity index (χ1) is 9.36. The van der Waals surface area contributed by atoms with Crippen LogP contribution in [0.3, 0.4) is 0 Å². The number of benzene rings is 2. The zero-order valence-electron chi connectivity index (χ0n) is 10.1. The summed E-state index contributed by atoms with van der Waals surface area (Å²) in [7, 11) is 0. The first-order valence-corrected chi connectivity index (χ1v) is 5.83. The second-order valence-electron chi connectivity index (χ2n) is 4.00. The SMILES string of the molecule is C#Cc1cccc(-c2nnc(-c3ccccc3)o2)c1. The summed E-state index contributed by atoms with van der Waals surface area (Å²) in [4.78, 5) is 0. The molecule has 0 radical (unpaired) electrons. The van der Waals surface area contributed by atoms with Crippen molar-refractivity contribution in [2.24, 2.45) is 0 Å². The number of hydrogen-bond donors (Lipinski definition) is 0. The Labute approximate surface area is 110 Å². The van der Waals surface area contributed by atoms with Crippen LogP contribution in [0.2, 0.25) is 0 Å². The first-order valence-electron chi connectivity index (χ1n) is 5.83. The minimum atomic E-state index is 0.468. The van der Waals surface area contributed by atoms with Crippen LogP contribution < -0.4 is 0 Å². The summed E-state index contributed by atoms with van der Waals surface area (Å²) in [6, 6.07) is 17.1. The maximum Gasteiger partial charge on any atom is 0.248 e. The molecule has 0 N–H and O–H groups in total. The van der Waals surface area contributed by atoms with Crippen LogP contribution in [0, 0.1) is 12.3 Å². The topological polar surface area (TPSA) is 38.9 Å². The van der Waals surface area contributed by atoms with Crippen molar-refractivity contribution in [3.05, 3.63) is 60.2 Å². The number of rotatable bonds is 2. The average molecular weight is 246 g/mol. The van der Waals surface area contributed by atoms with E-state index in [1.165, 1.54) is 0 Å². The van der Waals surface area contributed by atoms with E-state index in [-0.39, 0.29) is 0 Å². The van der Waals surface area contributed by atoms with Crippen molar-refractivity contribution in [1.29, 1.82) is 0 Å². The molecule has 1 heterocycles. The minimum absolute atomic E-state index is 0.468. The van der Waals surface area contributed by atoms with Crippen LogP contribution in [0.15, 0.2) is 59.0 Å². The van der Waals surface area contributed by atoms with Crippen molar-refractivity contribution in [2.75, 3.05) is 0 Å². The van der Waals surface area contributed by atoms with E-state index in [9.17, 15) is 0 Å². The predicted octanol–water partition coefficient (Wildman–Crippen LogP) is 3.38. The van der Waals surface area contributed by atoms with Gasteiger partial charge in [-0.3, -0.25) is 0 Å². The van der Waals surface area contributed by atoms with Gasteiger partial charge < -0.3 is 4.42 Å². The molecule has 3 aromatic rings. The fourth-order valence-corrected chi connectivity index (χ4v) is 1.78. The highest BCUT2D eigenvalue weighted by atomic mass is 16.4. The van der Waals surface area contributed by atoms with Crippen LogP contribution >= 0.6 is 0 Å². The van der Waals surface area contributed by atoms with E-state index >= 15 is 0 Å². The second-order valence-corrected chi connectivity index (χ2v) is 4.00. The smallest absolute Gasteiger partial charge is 0.248 e. The van der Waals surface area contributed by atoms with Crippen molar-refractivity contribution >= 4 is 0 Å². The van der Waals surface area contributed by atoms with Crippen molar-refractivity contribution in [1.82, 2.24) is 10.2 Å². The molecule has 19 heavy (non-hydrogen) atoms. The van der Waals surface area contributed by atoms with E-state index in [0.717, 1.165) is 16.7 Å². The highest BCUT2D eigenvalue weighted by molar-refractivity contribution is 5.59. The summed E-state index contributed by atoms with van der Waals surface area (Å²) in [6.07, 6.45) is 5.38. The van der Waals surface area contributed by atoms with Crippen LogP contribution in [0.25, 0.3) is 22.9 Å². The molecule has 0 fully saturated rings. The van der Waals surface area contributed by atoms with Gasteiger partial charge in [-0.25, -0.2) is 0 Å². The molecule has 3 nitrogen and oxygen atoms in total. The average Bonchev–Trinajstić information content (AvgIpc) is 2.98. The van der Waals surface area contributed by atoms with E-state index < -0.39 is 0 Å². The van der Waals surface area contributed by atoms with Gasteiger partial charge in [-0.15, -0.1) is 16.6 Å². The summed E-state index contributed by atoms with van der Waals surface area (Å²) in [5.74, 6) is 3.56. The fraction of sp³-hybridized carbons (Fsp3) is 0. The zero-order valence-corrected chi connectivity index (χ0v) is 10.1. The lowest BCUT2D eigenvalue weighted by Gasteiger charge is -1.96. The number of terminal acetylenes is 1. The third kappa shape index (κ3) is 2.24. The highest BCUT2D eigenvalue weighted by Gasteiger charge is 2.10. The molecule has 0 amide bonds. The Morgan fingerprint density at radius 2 is 1.53 bits per heavy atom. The van der Waals surface area contributed by atoms with Crippen molar-refractivity contribution in [2.45, 2.75) is 0 Å². The molecule has 0 bridgehead atoms. The maximum absolute atomic E-state index is 5.66. The Bertz CT molecular complexity index is 739. The van der Waals surface area contributed by atoms with E-state index in [1.54, 1.807) is 0 Å². The lowest BCUT2D eigenvalue weighted by Crippen LogP contribution is -1.79. The van der Waals surface area contributed by atoms with Crippen LogP contribution in [0.4, 0.5) is 0 Å². The second kappa shape index (κ2) is 4.79. The van der Waals surface area contributed by atoms with E-state index in [1.807, 2.05) is 54.6 Å². The number of nitrogens with zero attached hydrogens (tertiary/aromatic N) is 2. The molecular weight excluding hydrogens is 236 g/mol. The molecule has 0 saturated carbocycles. The lowest BCUT2D eigenvalue weighted by molar-refractivity contribution is 0.584. The molecule has 0 spiro atoms. The zero-order chi connectivity index (χ0) is 13.1. The standard InChI is InChI=1S/C16H10N2O/c1-2-12-7-6-10-14(11-12)16-18-17-15(19-16)13-8-4-3-5-9-13/h1,3-11H. The summed E-state index contributed by atoms with van der Waals surface area (Å²) < 4.78 is 5.66. The third-order valence-corrected chi connectivity index (χ3v) is 2.72. The minimum Gasteiger partial charge on any atom is -0.416 e. The van der Waals surface area contributed by atoms with Gasteiger partial charge in [0.2, 0.25) is 11.8 Å². The van der Waals surface area contributed by atoms with Gasteiger partial charge in [0.1, 0.15) is 0 Å². The molecule has 0 aliphatic rings. The number of aromatic nitrogens is 2. The Morgan fingerprint density at radius 3 is 2.26 bits per heavy atom. The quantitative estimate of drug-likeness (QED) is 0.650. The molecule has 0 unspecified atom stereocenters. The third-order valence-electron chi connectivity index (χ3n) is 2.72. The Morgan fingerprint density at radius 1 is 0.842 bits per heavy atom. The first kappa shape index (κ1) is 11.2. The van der Waals surface area contributed by atoms with Crippen LogP contribution in [-0.4, -0.2) is 10.2 Å². The number of hydrogen-bond acceptors (Lipinski definition) is 3. The maximum atomic E-state index is 5.66. The molecule has 1 aromatic heterocycles. The van der Waals surface area contributed by atoms with Crippen molar-refractivity contribution in [3.8, 4) is 35.3 Å². The summed E-state index contributed by atoms with van der Waals surface area (Å²) in [5, 5.41) is 8.10. The van der Waals surface area contributed by atoms with Crippen LogP contribution in [0.5, 0.6) is 0 Å². The van der Waals surface area contributed by atoms with E-state index in [2.05, 4.69) is 16.1 Å². The molecule has 3 heteroatoms. The highest BCUT2D eigenvalue weighted by Crippen LogP contribution is 2.23. The van der Waals surface area contributed by atoms with Gasteiger partial charge in [0.15, 0.2) is 0 Å². The van der Waals surface area contributed by atoms with Gasteiger partial charge in [-0.05, 0) is 30.3 Å². The van der Waals surface area contributed by atoms with Crippen molar-refractivity contribution < 1.29 is 4.42 Å². The Hall–Kier alpha value is -2.86. The van der Waals surface area contributed by atoms with Gasteiger partial charge in [0, 0.05) is 16.7 Å². The molecular formula is C16H10N2O. The summed E-state index contributed by atoms with van der Waals surface area (Å²) in [5.41, 5.74) is 2.51. The molecule has 2 aromatic carbocycles. The normalized spacial score (nSPS) is 10.1.